The Bertz CT molecular complexity index is 620. The lowest BCUT2D eigenvalue weighted by Crippen LogP contribution is -2.54. The normalized spacial score (nSPS) is 18.2. The van der Waals surface area contributed by atoms with Gasteiger partial charge in [0.15, 0.2) is 0 Å². The fourth-order valence-electron chi connectivity index (χ4n) is 2.51. The number of anilines is 1. The number of piperazine rings is 1. The molecular weight excluding hydrogens is 314 g/mol. The molecule has 0 spiro atoms. The van der Waals surface area contributed by atoms with Crippen molar-refractivity contribution in [2.75, 3.05) is 31.1 Å². The maximum Gasteiger partial charge on any atom is 0.280 e. The van der Waals surface area contributed by atoms with Crippen LogP contribution in [-0.2, 0) is 15.0 Å². The zero-order valence-electron chi connectivity index (χ0n) is 13.9. The van der Waals surface area contributed by atoms with Gasteiger partial charge in [-0.15, -0.1) is 0 Å². The maximum absolute atomic E-state index is 12.4. The first-order valence-corrected chi connectivity index (χ1v) is 9.32. The summed E-state index contributed by atoms with van der Waals surface area (Å²) in [6, 6.07) is 7.53. The Morgan fingerprint density at radius 1 is 1.09 bits per heavy atom. The van der Waals surface area contributed by atoms with E-state index < -0.39 is 16.3 Å². The molecule has 1 aromatic carbocycles. The summed E-state index contributed by atoms with van der Waals surface area (Å²) in [7, 11) is -3.63. The summed E-state index contributed by atoms with van der Waals surface area (Å²) in [5.74, 6) is -0.0730. The summed E-state index contributed by atoms with van der Waals surface area (Å²) in [4.78, 5) is 13.2. The average Bonchev–Trinajstić information content (AvgIpc) is 2.53. The van der Waals surface area contributed by atoms with Crippen molar-refractivity contribution in [1.29, 1.82) is 0 Å². The lowest BCUT2D eigenvalue weighted by atomic mass is 10.1. The van der Waals surface area contributed by atoms with Crippen LogP contribution in [0.4, 0.5) is 5.69 Å². The van der Waals surface area contributed by atoms with Crippen LogP contribution in [0.25, 0.3) is 0 Å². The molecule has 1 N–H and O–H groups in total. The van der Waals surface area contributed by atoms with Gasteiger partial charge in [0.1, 0.15) is 6.29 Å². The van der Waals surface area contributed by atoms with Crippen LogP contribution >= 0.6 is 0 Å². The van der Waals surface area contributed by atoms with E-state index in [9.17, 15) is 13.2 Å². The largest absolute Gasteiger partial charge is 0.369 e. The van der Waals surface area contributed by atoms with Gasteiger partial charge in [0.2, 0.25) is 0 Å². The fraction of sp³-hybridized carbons (Fsp3) is 0.562. The molecule has 0 aromatic heterocycles. The van der Waals surface area contributed by atoms with Gasteiger partial charge in [0, 0.05) is 31.9 Å². The van der Waals surface area contributed by atoms with Crippen LogP contribution in [0.2, 0.25) is 0 Å². The van der Waals surface area contributed by atoms with Crippen LogP contribution in [0.3, 0.4) is 0 Å². The highest BCUT2D eigenvalue weighted by Gasteiger charge is 2.29. The molecule has 0 bridgehead atoms. The number of carbonyl (C=O) groups is 1. The predicted molar refractivity (Wildman–Crippen MR) is 91.7 cm³/mol. The van der Waals surface area contributed by atoms with Crippen molar-refractivity contribution in [2.24, 2.45) is 5.92 Å². The van der Waals surface area contributed by atoms with Crippen LogP contribution in [-0.4, -0.2) is 51.2 Å². The van der Waals surface area contributed by atoms with E-state index in [4.69, 9.17) is 0 Å². The van der Waals surface area contributed by atoms with Crippen LogP contribution in [0, 0.1) is 12.8 Å². The molecule has 1 fully saturated rings. The van der Waals surface area contributed by atoms with Gasteiger partial charge < -0.3 is 9.69 Å². The van der Waals surface area contributed by atoms with Crippen molar-refractivity contribution in [1.82, 2.24) is 9.03 Å². The Labute approximate surface area is 138 Å². The van der Waals surface area contributed by atoms with Crippen molar-refractivity contribution in [3.05, 3.63) is 29.8 Å². The summed E-state index contributed by atoms with van der Waals surface area (Å²) in [5.41, 5.74) is 2.31. The van der Waals surface area contributed by atoms with Gasteiger partial charge in [0.05, 0.1) is 6.04 Å². The number of hydrogen-bond acceptors (Lipinski definition) is 4. The molecule has 0 unspecified atom stereocenters. The van der Waals surface area contributed by atoms with Crippen molar-refractivity contribution in [2.45, 2.75) is 26.8 Å². The van der Waals surface area contributed by atoms with Gasteiger partial charge in [-0.05, 0) is 25.0 Å². The van der Waals surface area contributed by atoms with E-state index in [-0.39, 0.29) is 5.92 Å². The Kier molecular flexibility index (Phi) is 5.78. The molecule has 0 amide bonds. The van der Waals surface area contributed by atoms with Gasteiger partial charge in [-0.1, -0.05) is 31.5 Å². The molecule has 1 heterocycles. The molecule has 0 aliphatic carbocycles. The zero-order valence-corrected chi connectivity index (χ0v) is 14.7. The lowest BCUT2D eigenvalue weighted by molar-refractivity contribution is -0.110. The lowest BCUT2D eigenvalue weighted by Gasteiger charge is -2.36. The van der Waals surface area contributed by atoms with Gasteiger partial charge in [-0.3, -0.25) is 0 Å². The molecule has 0 radical (unpaired) electrons. The predicted octanol–water partition coefficient (Wildman–Crippen LogP) is 1.17. The Balaban J connectivity index is 1.97. The first-order valence-electron chi connectivity index (χ1n) is 7.88. The van der Waals surface area contributed by atoms with Gasteiger partial charge in [0.25, 0.3) is 10.2 Å². The topological polar surface area (TPSA) is 69.7 Å². The molecule has 1 aliphatic rings. The van der Waals surface area contributed by atoms with Crippen LogP contribution in [0.1, 0.15) is 19.4 Å². The number of benzene rings is 1. The highest BCUT2D eigenvalue weighted by atomic mass is 32.2. The second-order valence-electron chi connectivity index (χ2n) is 6.25. The molecule has 1 aliphatic heterocycles. The third-order valence-corrected chi connectivity index (χ3v) is 5.74. The van der Waals surface area contributed by atoms with E-state index in [1.807, 2.05) is 20.8 Å². The van der Waals surface area contributed by atoms with Crippen LogP contribution in [0.15, 0.2) is 24.3 Å². The minimum atomic E-state index is -3.63. The summed E-state index contributed by atoms with van der Waals surface area (Å²) >= 11 is 0. The molecular formula is C16H25N3O3S. The second kappa shape index (κ2) is 7.42. The van der Waals surface area contributed by atoms with Crippen molar-refractivity contribution in [3.8, 4) is 0 Å². The number of nitrogens with one attached hydrogen (secondary N) is 1. The second-order valence-corrected chi connectivity index (χ2v) is 7.95. The standard InChI is InChI=1S/C16H25N3O3S/c1-13(2)16(12-20)17-23(21,22)19-10-8-18(9-11-19)15-6-4-14(3)5-7-15/h4-7,12-13,16-17H,8-11H2,1-3H3/t16-/m0/s1. The minimum Gasteiger partial charge on any atom is -0.369 e. The molecule has 23 heavy (non-hydrogen) atoms. The third kappa shape index (κ3) is 4.53. The minimum absolute atomic E-state index is 0.0730. The number of aryl methyl sites for hydroxylation is 1. The summed E-state index contributed by atoms with van der Waals surface area (Å²) in [6.07, 6.45) is 0.658. The molecule has 1 atom stereocenters. The third-order valence-electron chi connectivity index (χ3n) is 4.13. The number of aldehydes is 1. The summed E-state index contributed by atoms with van der Waals surface area (Å²) in [6.45, 7) is 7.76. The van der Waals surface area contributed by atoms with Gasteiger partial charge in [-0.2, -0.15) is 17.4 Å². The monoisotopic (exact) mass is 339 g/mol. The number of carbonyl (C=O) groups excluding carboxylic acids is 1. The molecule has 6 nitrogen and oxygen atoms in total. The molecule has 0 saturated carbocycles. The van der Waals surface area contributed by atoms with Crippen LogP contribution < -0.4 is 9.62 Å². The molecule has 1 aromatic rings. The number of hydrogen-bond donors (Lipinski definition) is 1. The van der Waals surface area contributed by atoms with E-state index in [1.54, 1.807) is 0 Å². The SMILES string of the molecule is Cc1ccc(N2CCN(S(=O)(=O)N[C@@H](C=O)C(C)C)CC2)cc1. The van der Waals surface area contributed by atoms with Crippen molar-refractivity contribution in [3.63, 3.8) is 0 Å². The summed E-state index contributed by atoms with van der Waals surface area (Å²) < 4.78 is 28.7. The van der Waals surface area contributed by atoms with Gasteiger partial charge in [-0.25, -0.2) is 0 Å². The first-order chi connectivity index (χ1) is 10.8. The number of nitrogens with zero attached hydrogens (tertiary/aromatic N) is 2. The van der Waals surface area contributed by atoms with E-state index in [2.05, 4.69) is 33.9 Å². The Hall–Kier alpha value is -1.44. The molecule has 7 heteroatoms. The van der Waals surface area contributed by atoms with Crippen LogP contribution in [0.5, 0.6) is 0 Å². The van der Waals surface area contributed by atoms with Gasteiger partial charge >= 0.3 is 0 Å². The Morgan fingerprint density at radius 3 is 2.13 bits per heavy atom. The molecule has 128 valence electrons. The highest BCUT2D eigenvalue weighted by Crippen LogP contribution is 2.18. The molecule has 1 saturated heterocycles. The van der Waals surface area contributed by atoms with E-state index in [0.29, 0.717) is 32.5 Å². The molecule has 2 rings (SSSR count). The average molecular weight is 339 g/mol. The highest BCUT2D eigenvalue weighted by molar-refractivity contribution is 7.87. The quantitative estimate of drug-likeness (QED) is 0.790. The zero-order chi connectivity index (χ0) is 17.0. The van der Waals surface area contributed by atoms with E-state index >= 15 is 0 Å². The first kappa shape index (κ1) is 17.9. The smallest absolute Gasteiger partial charge is 0.280 e. The van der Waals surface area contributed by atoms with Crippen molar-refractivity contribution < 1.29 is 13.2 Å². The van der Waals surface area contributed by atoms with E-state index in [0.717, 1.165) is 5.69 Å². The Morgan fingerprint density at radius 2 is 1.65 bits per heavy atom. The number of rotatable bonds is 6. The fourth-order valence-corrected chi connectivity index (χ4v) is 3.97. The van der Waals surface area contributed by atoms with Crippen molar-refractivity contribution >= 4 is 22.2 Å². The van der Waals surface area contributed by atoms with E-state index in [1.165, 1.54) is 9.87 Å². The summed E-state index contributed by atoms with van der Waals surface area (Å²) in [5, 5.41) is 0. The maximum atomic E-state index is 12.4.